The zero-order chi connectivity index (χ0) is 22.0. The number of rotatable bonds is 3. The minimum atomic E-state index is -0.983. The zero-order valence-electron chi connectivity index (χ0n) is 18.7. The van der Waals surface area contributed by atoms with Crippen LogP contribution in [0.4, 0.5) is 0 Å². The second-order valence-corrected chi connectivity index (χ2v) is 10.6. The van der Waals surface area contributed by atoms with Crippen molar-refractivity contribution in [2.24, 2.45) is 28.6 Å². The highest BCUT2D eigenvalue weighted by atomic mass is 16.7. The maximum absolute atomic E-state index is 13.4. The number of allylic oxidation sites excluding steroid dienone is 2. The molecule has 0 radical (unpaired) electrons. The molecule has 31 heavy (non-hydrogen) atoms. The summed E-state index contributed by atoms with van der Waals surface area (Å²) in [5, 5.41) is 0. The van der Waals surface area contributed by atoms with Crippen LogP contribution in [0.5, 0.6) is 0 Å². The molecule has 5 rings (SSSR count). The fourth-order valence-corrected chi connectivity index (χ4v) is 7.93. The molecule has 4 aliphatic carbocycles. The lowest BCUT2D eigenvalue weighted by atomic mass is 9.45. The zero-order valence-corrected chi connectivity index (χ0v) is 18.7. The first-order valence-electron chi connectivity index (χ1n) is 11.6. The van der Waals surface area contributed by atoms with Crippen molar-refractivity contribution in [1.82, 2.24) is 0 Å². The summed E-state index contributed by atoms with van der Waals surface area (Å²) in [6.45, 7) is 5.58. The van der Waals surface area contributed by atoms with Gasteiger partial charge in [-0.15, -0.1) is 0 Å². The van der Waals surface area contributed by atoms with Crippen LogP contribution < -0.4 is 0 Å². The number of ether oxygens (including phenoxy) is 3. The maximum Gasteiger partial charge on any atom is 0.303 e. The van der Waals surface area contributed by atoms with Gasteiger partial charge in [-0.05, 0) is 78.9 Å². The largest absolute Gasteiger partial charge is 0.475 e. The van der Waals surface area contributed by atoms with E-state index >= 15 is 0 Å². The Morgan fingerprint density at radius 2 is 1.94 bits per heavy atom. The van der Waals surface area contributed by atoms with Crippen LogP contribution in [0.1, 0.15) is 65.7 Å². The second-order valence-electron chi connectivity index (χ2n) is 10.6. The number of carbonyl (C=O) groups excluding carboxylic acids is 3. The Morgan fingerprint density at radius 1 is 1.16 bits per heavy atom. The first-order chi connectivity index (χ1) is 14.7. The lowest BCUT2D eigenvalue weighted by molar-refractivity contribution is -0.203. The number of hydrogen-bond acceptors (Lipinski definition) is 6. The Hall–Kier alpha value is -1.95. The van der Waals surface area contributed by atoms with Gasteiger partial charge in [0, 0.05) is 18.8 Å². The Kier molecular flexibility index (Phi) is 4.74. The third kappa shape index (κ3) is 2.83. The molecule has 0 saturated heterocycles. The topological polar surface area (TPSA) is 78.9 Å². The number of ketones is 2. The van der Waals surface area contributed by atoms with E-state index in [1.54, 1.807) is 6.26 Å². The molecule has 0 aromatic heterocycles. The van der Waals surface area contributed by atoms with Crippen molar-refractivity contribution in [1.29, 1.82) is 0 Å². The van der Waals surface area contributed by atoms with Crippen molar-refractivity contribution >= 4 is 17.5 Å². The van der Waals surface area contributed by atoms with Crippen LogP contribution >= 0.6 is 0 Å². The minimum absolute atomic E-state index is 0.0241. The van der Waals surface area contributed by atoms with Crippen LogP contribution in [0.3, 0.4) is 0 Å². The molecule has 0 aromatic carbocycles. The molecule has 0 N–H and O–H groups in total. The molecule has 2 unspecified atom stereocenters. The van der Waals surface area contributed by atoms with Crippen molar-refractivity contribution in [3.63, 3.8) is 0 Å². The molecule has 0 amide bonds. The first-order valence-corrected chi connectivity index (χ1v) is 11.6. The molecular formula is C25H32O6. The van der Waals surface area contributed by atoms with E-state index in [-0.39, 0.29) is 35.8 Å². The monoisotopic (exact) mass is 428 g/mol. The third-order valence-corrected chi connectivity index (χ3v) is 9.44. The van der Waals surface area contributed by atoms with Crippen LogP contribution in [-0.2, 0) is 28.6 Å². The van der Waals surface area contributed by atoms with Gasteiger partial charge in [-0.25, -0.2) is 0 Å². The minimum Gasteiger partial charge on any atom is -0.475 e. The van der Waals surface area contributed by atoms with E-state index in [4.69, 9.17) is 14.2 Å². The molecule has 0 spiro atoms. The molecule has 5 aliphatic rings. The van der Waals surface area contributed by atoms with Crippen LogP contribution in [-0.4, -0.2) is 36.5 Å². The van der Waals surface area contributed by atoms with E-state index in [0.717, 1.165) is 43.3 Å². The smallest absolute Gasteiger partial charge is 0.303 e. The lowest BCUT2D eigenvalue weighted by Crippen LogP contribution is -2.60. The molecular weight excluding hydrogens is 396 g/mol. The maximum atomic E-state index is 13.4. The van der Waals surface area contributed by atoms with Gasteiger partial charge in [0.15, 0.2) is 19.2 Å². The highest BCUT2D eigenvalue weighted by molar-refractivity contribution is 5.93. The molecule has 6 nitrogen and oxygen atoms in total. The summed E-state index contributed by atoms with van der Waals surface area (Å²) in [7, 11) is 0. The van der Waals surface area contributed by atoms with Crippen molar-refractivity contribution < 1.29 is 28.6 Å². The van der Waals surface area contributed by atoms with Gasteiger partial charge in [0.2, 0.25) is 5.78 Å². The van der Waals surface area contributed by atoms with Crippen LogP contribution in [0, 0.1) is 28.6 Å². The average molecular weight is 429 g/mol. The van der Waals surface area contributed by atoms with Crippen LogP contribution in [0.25, 0.3) is 0 Å². The molecule has 5 bridgehead atoms. The van der Waals surface area contributed by atoms with Crippen LogP contribution in [0.2, 0.25) is 0 Å². The summed E-state index contributed by atoms with van der Waals surface area (Å²) in [5.74, 6) is 0.866. The number of Topliss-reactive ketones (excluding diaryl/α,β-unsaturated/α-hetero) is 1. The van der Waals surface area contributed by atoms with Crippen molar-refractivity contribution in [3.8, 4) is 0 Å². The van der Waals surface area contributed by atoms with Gasteiger partial charge in [0.25, 0.3) is 0 Å². The predicted octanol–water partition coefficient (Wildman–Crippen LogP) is 3.89. The summed E-state index contributed by atoms with van der Waals surface area (Å²) in [6, 6.07) is 0. The highest BCUT2D eigenvalue weighted by Crippen LogP contribution is 2.69. The highest BCUT2D eigenvalue weighted by Gasteiger charge is 2.68. The van der Waals surface area contributed by atoms with Gasteiger partial charge in [-0.2, -0.15) is 0 Å². The van der Waals surface area contributed by atoms with Crippen molar-refractivity contribution in [2.75, 3.05) is 13.4 Å². The molecule has 0 aromatic rings. The van der Waals surface area contributed by atoms with Gasteiger partial charge in [0.1, 0.15) is 5.60 Å². The normalized spacial score (nSPS) is 43.3. The number of esters is 1. The number of fused-ring (bicyclic) bond motifs is 4. The second kappa shape index (κ2) is 7.03. The van der Waals surface area contributed by atoms with Gasteiger partial charge < -0.3 is 14.2 Å². The molecule has 6 atom stereocenters. The van der Waals surface area contributed by atoms with E-state index in [2.05, 4.69) is 13.8 Å². The van der Waals surface area contributed by atoms with Gasteiger partial charge in [-0.1, -0.05) is 13.8 Å². The fourth-order valence-electron chi connectivity index (χ4n) is 7.93. The van der Waals surface area contributed by atoms with Crippen molar-refractivity contribution in [2.45, 2.75) is 71.3 Å². The fraction of sp³-hybridized carbons (Fsp3) is 0.720. The summed E-state index contributed by atoms with van der Waals surface area (Å²) >= 11 is 0. The van der Waals surface area contributed by atoms with E-state index in [0.29, 0.717) is 30.6 Å². The van der Waals surface area contributed by atoms with Crippen molar-refractivity contribution in [3.05, 3.63) is 23.5 Å². The Labute approximate surface area is 183 Å². The SMILES string of the molecule is CC(=O)OCC(=O)[C@]12CCC3C4CC(=COCO1)C1=CC(=O)CC[C@]1(C)[C@H]4CC[C@@]32C. The van der Waals surface area contributed by atoms with Gasteiger partial charge >= 0.3 is 5.97 Å². The quantitative estimate of drug-likeness (QED) is 0.635. The summed E-state index contributed by atoms with van der Waals surface area (Å²) in [5.41, 5.74) is 0.947. The molecule has 1 aliphatic heterocycles. The Balaban J connectivity index is 1.58. The molecule has 6 heteroatoms. The van der Waals surface area contributed by atoms with E-state index in [1.807, 2.05) is 6.08 Å². The van der Waals surface area contributed by atoms with E-state index in [1.165, 1.54) is 6.92 Å². The molecule has 168 valence electrons. The van der Waals surface area contributed by atoms with E-state index < -0.39 is 11.6 Å². The third-order valence-electron chi connectivity index (χ3n) is 9.44. The predicted molar refractivity (Wildman–Crippen MR) is 112 cm³/mol. The summed E-state index contributed by atoms with van der Waals surface area (Å²) in [4.78, 5) is 37.0. The molecule has 1 heterocycles. The standard InChI is InChI=1S/C25H32O6/c1-15(26)30-13-22(28)25-9-6-20-18-10-16(12-29-14-31-25)21-11-17(27)4-7-23(21,2)19(18)5-8-24(20,25)3/h11-12,18-20H,4-10,13-14H2,1-3H3/t18?,19-,20?,23+,24-,25-/m0/s1. The average Bonchev–Trinajstić information content (AvgIpc) is 3.01. The lowest BCUT2D eigenvalue weighted by Gasteiger charge is -2.60. The first kappa shape index (κ1) is 20.9. The molecule has 3 fully saturated rings. The Morgan fingerprint density at radius 3 is 2.71 bits per heavy atom. The Bertz CT molecular complexity index is 902. The van der Waals surface area contributed by atoms with Crippen LogP contribution in [0.15, 0.2) is 23.5 Å². The number of carbonyl (C=O) groups is 3. The van der Waals surface area contributed by atoms with Gasteiger partial charge in [-0.3, -0.25) is 14.4 Å². The molecule has 3 saturated carbocycles. The summed E-state index contributed by atoms with van der Waals surface area (Å²) in [6.07, 6.45) is 9.45. The number of hydrogen-bond donors (Lipinski definition) is 0. The summed E-state index contributed by atoms with van der Waals surface area (Å²) < 4.78 is 17.2. The van der Waals surface area contributed by atoms with E-state index in [9.17, 15) is 14.4 Å². The van der Waals surface area contributed by atoms with Gasteiger partial charge in [0.05, 0.1) is 6.26 Å².